The number of benzene rings is 1. The first-order chi connectivity index (χ1) is 10.7. The van der Waals surface area contributed by atoms with E-state index in [1.165, 1.54) is 11.3 Å². The Labute approximate surface area is 135 Å². The van der Waals surface area contributed by atoms with Crippen molar-refractivity contribution >= 4 is 28.8 Å². The van der Waals surface area contributed by atoms with E-state index in [9.17, 15) is 4.79 Å². The lowest BCUT2D eigenvalue weighted by Crippen LogP contribution is -2.24. The Balaban J connectivity index is 1.58. The number of hydrogen-bond acceptors (Lipinski definition) is 5. The summed E-state index contributed by atoms with van der Waals surface area (Å²) < 4.78 is 5.18. The molecular weight excluding hydrogens is 322 g/mol. The van der Waals surface area contributed by atoms with E-state index < -0.39 is 0 Å². The first kappa shape index (κ1) is 14.7. The Morgan fingerprint density at radius 1 is 1.27 bits per heavy atom. The number of carbonyl (C=O) groups is 1. The third-order valence-electron chi connectivity index (χ3n) is 2.95. The van der Waals surface area contributed by atoms with Crippen LogP contribution < -0.4 is 5.32 Å². The molecule has 0 saturated carbocycles. The molecule has 7 heteroatoms. The number of nitrogens with one attached hydrogen (secondary N) is 1. The van der Waals surface area contributed by atoms with Gasteiger partial charge in [0.1, 0.15) is 0 Å². The van der Waals surface area contributed by atoms with Gasteiger partial charge in [-0.15, -0.1) is 11.3 Å². The zero-order chi connectivity index (χ0) is 15.4. The Morgan fingerprint density at radius 2 is 2.14 bits per heavy atom. The summed E-state index contributed by atoms with van der Waals surface area (Å²) in [4.78, 5) is 16.8. The molecule has 3 aromatic rings. The summed E-state index contributed by atoms with van der Waals surface area (Å²) >= 11 is 7.50. The van der Waals surface area contributed by atoms with E-state index >= 15 is 0 Å². The molecular formula is C15H12ClN3O2S. The van der Waals surface area contributed by atoms with Crippen molar-refractivity contribution in [1.82, 2.24) is 15.5 Å². The van der Waals surface area contributed by atoms with Crippen molar-refractivity contribution in [2.45, 2.75) is 6.42 Å². The molecule has 1 aromatic carbocycles. The topological polar surface area (TPSA) is 68.0 Å². The number of halogens is 1. The van der Waals surface area contributed by atoms with Crippen LogP contribution in [0.4, 0.5) is 0 Å². The van der Waals surface area contributed by atoms with Gasteiger partial charge in [-0.1, -0.05) is 35.0 Å². The highest BCUT2D eigenvalue weighted by molar-refractivity contribution is 7.12. The molecule has 1 N–H and O–H groups in total. The lowest BCUT2D eigenvalue weighted by Gasteiger charge is -2.00. The maximum atomic E-state index is 11.8. The van der Waals surface area contributed by atoms with Crippen LogP contribution in [-0.2, 0) is 6.42 Å². The Bertz CT molecular complexity index is 771. The zero-order valence-corrected chi connectivity index (χ0v) is 13.0. The summed E-state index contributed by atoms with van der Waals surface area (Å²) in [5.74, 6) is 0.812. The van der Waals surface area contributed by atoms with Gasteiger partial charge in [0, 0.05) is 18.5 Å². The van der Waals surface area contributed by atoms with Gasteiger partial charge < -0.3 is 9.84 Å². The Kier molecular flexibility index (Phi) is 4.50. The third-order valence-corrected chi connectivity index (χ3v) is 4.15. The van der Waals surface area contributed by atoms with Crippen molar-refractivity contribution in [2.75, 3.05) is 6.54 Å². The zero-order valence-electron chi connectivity index (χ0n) is 11.5. The summed E-state index contributed by atoms with van der Waals surface area (Å²) in [5, 5.41) is 9.16. The molecule has 0 spiro atoms. The fourth-order valence-corrected chi connectivity index (χ4v) is 2.75. The highest BCUT2D eigenvalue weighted by atomic mass is 35.5. The molecule has 0 fully saturated rings. The summed E-state index contributed by atoms with van der Waals surface area (Å²) in [6, 6.07) is 10.9. The second-order valence-electron chi connectivity index (χ2n) is 4.47. The number of rotatable bonds is 5. The van der Waals surface area contributed by atoms with Crippen molar-refractivity contribution in [3.8, 4) is 11.4 Å². The van der Waals surface area contributed by atoms with Gasteiger partial charge >= 0.3 is 0 Å². The van der Waals surface area contributed by atoms with E-state index in [0.29, 0.717) is 34.6 Å². The van der Waals surface area contributed by atoms with Gasteiger partial charge in [-0.2, -0.15) is 4.98 Å². The van der Waals surface area contributed by atoms with E-state index in [1.54, 1.807) is 12.1 Å². The maximum absolute atomic E-state index is 11.8. The van der Waals surface area contributed by atoms with Gasteiger partial charge in [-0.3, -0.25) is 4.79 Å². The highest BCUT2D eigenvalue weighted by Crippen LogP contribution is 2.24. The molecule has 0 aliphatic rings. The van der Waals surface area contributed by atoms with E-state index in [4.69, 9.17) is 16.1 Å². The molecule has 0 saturated heterocycles. The van der Waals surface area contributed by atoms with Crippen LogP contribution in [0.2, 0.25) is 5.02 Å². The fourth-order valence-electron chi connectivity index (χ4n) is 1.89. The third kappa shape index (κ3) is 3.35. The van der Waals surface area contributed by atoms with Gasteiger partial charge in [0.05, 0.1) is 9.90 Å². The summed E-state index contributed by atoms with van der Waals surface area (Å²) in [6.45, 7) is 0.431. The molecule has 1 amide bonds. The first-order valence-electron chi connectivity index (χ1n) is 6.63. The predicted molar refractivity (Wildman–Crippen MR) is 85.1 cm³/mol. The van der Waals surface area contributed by atoms with Crippen LogP contribution in [0.5, 0.6) is 0 Å². The van der Waals surface area contributed by atoms with Crippen LogP contribution >= 0.6 is 22.9 Å². The van der Waals surface area contributed by atoms with Gasteiger partial charge in [0.25, 0.3) is 5.91 Å². The number of hydrogen-bond donors (Lipinski definition) is 1. The number of thiophene rings is 1. The van der Waals surface area contributed by atoms with Crippen molar-refractivity contribution in [1.29, 1.82) is 0 Å². The highest BCUT2D eigenvalue weighted by Gasteiger charge is 2.12. The summed E-state index contributed by atoms with van der Waals surface area (Å²) in [7, 11) is 0. The molecule has 22 heavy (non-hydrogen) atoms. The number of nitrogens with zero attached hydrogens (tertiary/aromatic N) is 2. The molecule has 3 rings (SSSR count). The van der Waals surface area contributed by atoms with Crippen molar-refractivity contribution in [2.24, 2.45) is 0 Å². The maximum Gasteiger partial charge on any atom is 0.261 e. The smallest absolute Gasteiger partial charge is 0.261 e. The fraction of sp³-hybridized carbons (Fsp3) is 0.133. The molecule has 0 aliphatic carbocycles. The molecule has 0 radical (unpaired) electrons. The molecule has 0 atom stereocenters. The van der Waals surface area contributed by atoms with Crippen molar-refractivity contribution in [3.05, 3.63) is 57.6 Å². The van der Waals surface area contributed by atoms with Gasteiger partial charge in [0.2, 0.25) is 11.7 Å². The molecule has 2 aromatic heterocycles. The summed E-state index contributed by atoms with van der Waals surface area (Å²) in [5.41, 5.74) is 0.724. The van der Waals surface area contributed by atoms with Crippen molar-refractivity contribution < 1.29 is 9.32 Å². The van der Waals surface area contributed by atoms with Crippen LogP contribution in [0.3, 0.4) is 0 Å². The normalized spacial score (nSPS) is 10.6. The van der Waals surface area contributed by atoms with Gasteiger partial charge in [0.15, 0.2) is 0 Å². The van der Waals surface area contributed by atoms with E-state index in [-0.39, 0.29) is 5.91 Å². The van der Waals surface area contributed by atoms with Crippen LogP contribution in [0.15, 0.2) is 46.3 Å². The first-order valence-corrected chi connectivity index (χ1v) is 7.89. The van der Waals surface area contributed by atoms with Gasteiger partial charge in [-0.05, 0) is 23.6 Å². The molecule has 112 valence electrons. The second-order valence-corrected chi connectivity index (χ2v) is 5.83. The molecule has 0 unspecified atom stereocenters. The largest absolute Gasteiger partial charge is 0.351 e. The molecule has 2 heterocycles. The summed E-state index contributed by atoms with van der Waals surface area (Å²) in [6.07, 6.45) is 0.467. The standard InChI is InChI=1S/C15H12ClN3O2S/c16-11-5-2-1-4-10(11)14-18-13(21-19-14)7-8-17-15(20)12-6-3-9-22-12/h1-6,9H,7-8H2,(H,17,20). The van der Waals surface area contributed by atoms with Crippen LogP contribution in [0, 0.1) is 0 Å². The molecule has 0 aliphatic heterocycles. The van der Waals surface area contributed by atoms with Crippen LogP contribution in [0.25, 0.3) is 11.4 Å². The number of carbonyl (C=O) groups excluding carboxylic acids is 1. The Morgan fingerprint density at radius 3 is 2.91 bits per heavy atom. The van der Waals surface area contributed by atoms with E-state index in [1.807, 2.05) is 29.6 Å². The minimum absolute atomic E-state index is 0.0964. The molecule has 0 bridgehead atoms. The quantitative estimate of drug-likeness (QED) is 0.776. The number of aromatic nitrogens is 2. The van der Waals surface area contributed by atoms with E-state index in [2.05, 4.69) is 15.5 Å². The average molecular weight is 334 g/mol. The second kappa shape index (κ2) is 6.72. The van der Waals surface area contributed by atoms with Gasteiger partial charge in [-0.25, -0.2) is 0 Å². The number of amides is 1. The van der Waals surface area contributed by atoms with Crippen LogP contribution in [0.1, 0.15) is 15.6 Å². The average Bonchev–Trinajstić information content (AvgIpc) is 3.19. The minimum Gasteiger partial charge on any atom is -0.351 e. The lowest BCUT2D eigenvalue weighted by atomic mass is 10.2. The Hall–Kier alpha value is -2.18. The van der Waals surface area contributed by atoms with Crippen molar-refractivity contribution in [3.63, 3.8) is 0 Å². The van der Waals surface area contributed by atoms with Crippen LogP contribution in [-0.4, -0.2) is 22.6 Å². The minimum atomic E-state index is -0.0964. The van der Waals surface area contributed by atoms with E-state index in [0.717, 1.165) is 5.56 Å². The predicted octanol–water partition coefficient (Wildman–Crippen LogP) is 3.42. The molecule has 5 nitrogen and oxygen atoms in total. The monoisotopic (exact) mass is 333 g/mol. The SMILES string of the molecule is O=C(NCCc1nc(-c2ccccc2Cl)no1)c1cccs1. The lowest BCUT2D eigenvalue weighted by molar-refractivity contribution is 0.0957.